The second-order valence-corrected chi connectivity index (χ2v) is 1.04. The molecular weight excluding hydrogens is 328 g/mol. The summed E-state index contributed by atoms with van der Waals surface area (Å²) in [5.41, 5.74) is 0. The Hall–Kier alpha value is 4.62. The number of halogens is 2. The Labute approximate surface area is 153 Å². The molecule has 0 amide bonds. The first-order chi connectivity index (χ1) is 1.73. The fraction of sp³-hybridized carbons (Fsp3) is 0. The Morgan fingerprint density at radius 2 is 1.00 bits per heavy atom. The molecule has 0 aromatic carbocycles. The quantitative estimate of drug-likeness (QED) is 0.450. The molecule has 0 bridgehead atoms. The number of hydrogen-bond donors (Lipinski definition) is 1. The molecule has 0 unspecified atom stereocenters. The van der Waals surface area contributed by atoms with Crippen molar-refractivity contribution in [1.82, 2.24) is 0 Å². The van der Waals surface area contributed by atoms with E-state index in [9.17, 15) is 0 Å². The summed E-state index contributed by atoms with van der Waals surface area (Å²) in [6.07, 6.45) is 0. The van der Waals surface area contributed by atoms with Gasteiger partial charge in [-0.2, -0.15) is 0 Å². The van der Waals surface area contributed by atoms with Gasteiger partial charge in [-0.15, -0.1) is 17.0 Å². The van der Waals surface area contributed by atoms with Crippen LogP contribution in [-0.2, 0) is 0 Å². The maximum absolute atomic E-state index is 8.63. The van der Waals surface area contributed by atoms with Crippen molar-refractivity contribution in [2.75, 3.05) is 0 Å². The summed E-state index contributed by atoms with van der Waals surface area (Å²) >= 11 is -3.40. The van der Waals surface area contributed by atoms with E-state index in [-0.39, 0.29) is 130 Å². The molecule has 0 rings (SSSR count). The largest absolute Gasteiger partial charge is 0.433 e. The fourth-order valence-corrected chi connectivity index (χ4v) is 0. The molecule has 0 fully saturated rings. The maximum atomic E-state index is 8.63. The van der Waals surface area contributed by atoms with E-state index in [2.05, 4.69) is 0 Å². The van der Waals surface area contributed by atoms with Crippen molar-refractivity contribution in [3.63, 3.8) is 0 Å². The molecule has 8 heavy (non-hydrogen) atoms. The van der Waals surface area contributed by atoms with Crippen LogP contribution in [0.3, 0.4) is 0 Å². The molecule has 0 aliphatic heterocycles. The van der Waals surface area contributed by atoms with E-state index in [0.717, 1.165) is 0 Å². The molecule has 0 saturated carbocycles. The van der Waals surface area contributed by atoms with Gasteiger partial charge < -0.3 is 8.40 Å². The SMILES string of the molecule is Br.[CaH2].[CaH2].[CaH2].[O-][Br+2]([O-])O. The Morgan fingerprint density at radius 1 is 1.00 bits per heavy atom. The average molecular weight is 336 g/mol. The van der Waals surface area contributed by atoms with Crippen molar-refractivity contribution in [1.29, 1.82) is 0 Å². The second kappa shape index (κ2) is 22.6. The smallest absolute Gasteiger partial charge is 0.372 e. The van der Waals surface area contributed by atoms with E-state index in [4.69, 9.17) is 12.6 Å². The van der Waals surface area contributed by atoms with Crippen molar-refractivity contribution in [3.05, 3.63) is 0 Å². The summed E-state index contributed by atoms with van der Waals surface area (Å²) < 4.78 is 24.3. The predicted octanol–water partition coefficient (Wildman–Crippen LogP) is -5.11. The van der Waals surface area contributed by atoms with Crippen LogP contribution >= 0.6 is 17.0 Å². The van der Waals surface area contributed by atoms with Gasteiger partial charge in [-0.3, -0.25) is 0 Å². The van der Waals surface area contributed by atoms with Crippen molar-refractivity contribution < 1.29 is 27.4 Å². The van der Waals surface area contributed by atoms with Crippen LogP contribution in [0.5, 0.6) is 0 Å². The van der Waals surface area contributed by atoms with Crippen LogP contribution in [-0.4, -0.2) is 117 Å². The van der Waals surface area contributed by atoms with Crippen LogP contribution in [0.2, 0.25) is 0 Å². The normalized spacial score (nSPS) is 4.50. The maximum Gasteiger partial charge on any atom is 0.433 e. The minimum atomic E-state index is -3.40. The van der Waals surface area contributed by atoms with Crippen molar-refractivity contribution in [2.45, 2.75) is 0 Å². The fourth-order valence-electron chi connectivity index (χ4n) is 0. The first-order valence-electron chi connectivity index (χ1n) is 0.478. The molecule has 0 aromatic rings. The zero-order valence-electron chi connectivity index (χ0n) is 2.05. The second-order valence-electron chi connectivity index (χ2n) is 0.201. The van der Waals surface area contributed by atoms with E-state index in [1.165, 1.54) is 0 Å². The molecule has 0 aliphatic carbocycles. The van der Waals surface area contributed by atoms with Gasteiger partial charge in [-0.05, 0) is 4.20 Å². The molecule has 0 aromatic heterocycles. The first-order valence-corrected chi connectivity index (χ1v) is 2.48. The van der Waals surface area contributed by atoms with Crippen LogP contribution in [0, 0.1) is 14.8 Å². The Bertz CT molecular complexity index is 17.2. The van der Waals surface area contributed by atoms with Gasteiger partial charge in [0.25, 0.3) is 0 Å². The number of rotatable bonds is 0. The van der Waals surface area contributed by atoms with Gasteiger partial charge in [0, 0.05) is 0 Å². The van der Waals surface area contributed by atoms with Crippen molar-refractivity contribution in [2.24, 2.45) is 0 Å². The summed E-state index contributed by atoms with van der Waals surface area (Å²) in [6, 6.07) is 0. The van der Waals surface area contributed by atoms with Crippen LogP contribution in [0.25, 0.3) is 0 Å². The van der Waals surface area contributed by atoms with Crippen LogP contribution < -0.4 is 8.40 Å². The van der Waals surface area contributed by atoms with E-state index in [0.29, 0.717) is 0 Å². The van der Waals surface area contributed by atoms with Crippen molar-refractivity contribution >= 4 is 130 Å². The predicted molar refractivity (Wildman–Crippen MR) is 38.2 cm³/mol. The van der Waals surface area contributed by atoms with E-state index >= 15 is 0 Å². The third-order valence-corrected chi connectivity index (χ3v) is 0. The first kappa shape index (κ1) is 29.3. The van der Waals surface area contributed by atoms with Gasteiger partial charge in [-0.1, -0.05) is 0 Å². The molecule has 0 heterocycles. The van der Waals surface area contributed by atoms with Crippen molar-refractivity contribution in [3.8, 4) is 0 Å². The third-order valence-electron chi connectivity index (χ3n) is 0. The molecule has 0 radical (unpaired) electrons. The summed E-state index contributed by atoms with van der Waals surface area (Å²) in [5, 5.41) is 0. The standard InChI is InChI=1S/BrHO3.BrH.3Ca.6H/c2-1(3)4;;;;;;;;;;/h2H;1H;;;;;;;;;. The van der Waals surface area contributed by atoms with E-state index in [1.807, 2.05) is 0 Å². The van der Waals surface area contributed by atoms with Gasteiger partial charge in [0.05, 0.1) is 0 Å². The topological polar surface area (TPSA) is 66.3 Å². The molecule has 3 nitrogen and oxygen atoms in total. The van der Waals surface area contributed by atoms with Gasteiger partial charge in [0.2, 0.25) is 0 Å². The Balaban J connectivity index is -0.00000000750. The molecule has 1 N–H and O–H groups in total. The molecule has 0 saturated heterocycles. The van der Waals surface area contributed by atoms with Gasteiger partial charge in [0.1, 0.15) is 0 Å². The van der Waals surface area contributed by atoms with Crippen LogP contribution in [0.15, 0.2) is 0 Å². The summed E-state index contributed by atoms with van der Waals surface area (Å²) in [5.74, 6) is 0. The molecular formula is H8Br2Ca3O3. The monoisotopic (exact) mass is 334 g/mol. The minimum absolute atomic E-state index is 0. The average Bonchev–Trinajstić information content (AvgIpc) is 0.811. The Morgan fingerprint density at radius 3 is 1.00 bits per heavy atom. The molecule has 8 heteroatoms. The molecule has 0 spiro atoms. The van der Waals surface area contributed by atoms with Crippen LogP contribution in [0.4, 0.5) is 0 Å². The van der Waals surface area contributed by atoms with Gasteiger partial charge in [0.15, 0.2) is 0 Å². The van der Waals surface area contributed by atoms with Gasteiger partial charge in [-0.25, -0.2) is 0 Å². The number of hydrogen-bond acceptors (Lipinski definition) is 3. The third kappa shape index (κ3) is 46.1. The zero-order chi connectivity index (χ0) is 3.58. The van der Waals surface area contributed by atoms with Gasteiger partial charge >= 0.3 is 128 Å². The summed E-state index contributed by atoms with van der Waals surface area (Å²) in [6.45, 7) is 0. The Kier molecular flexibility index (Phi) is 82.8. The summed E-state index contributed by atoms with van der Waals surface area (Å²) in [7, 11) is 0. The molecule has 0 atom stereocenters. The minimum Gasteiger partial charge on any atom is -0.372 e. The van der Waals surface area contributed by atoms with E-state index in [1.54, 1.807) is 0 Å². The summed E-state index contributed by atoms with van der Waals surface area (Å²) in [4.78, 5) is 0. The van der Waals surface area contributed by atoms with E-state index < -0.39 is 14.8 Å². The molecule has 0 aliphatic rings. The zero-order valence-corrected chi connectivity index (χ0v) is 5.35. The molecule has 46 valence electrons. The van der Waals surface area contributed by atoms with Crippen LogP contribution in [0.1, 0.15) is 0 Å².